The van der Waals surface area contributed by atoms with Crippen LogP contribution in [0.15, 0.2) is 60.9 Å². The topological polar surface area (TPSA) is 67.4 Å². The molecular weight excluding hydrogens is 383 g/mol. The van der Waals surface area contributed by atoms with Gasteiger partial charge in [-0.3, -0.25) is 14.7 Å². The SMILES string of the molecule is Cc1cnc(C(=O)NCCN2Cc3ccccc3OC(c3ccccc3F)C2)cn1. The van der Waals surface area contributed by atoms with Crippen molar-refractivity contribution in [1.82, 2.24) is 20.2 Å². The fourth-order valence-corrected chi connectivity index (χ4v) is 3.48. The summed E-state index contributed by atoms with van der Waals surface area (Å²) in [7, 11) is 0. The zero-order valence-corrected chi connectivity index (χ0v) is 16.7. The molecule has 0 radical (unpaired) electrons. The number of carbonyl (C=O) groups excluding carboxylic acids is 1. The fraction of sp³-hybridized carbons (Fsp3) is 0.261. The number of ether oxygens (including phenoxy) is 1. The number of nitrogens with zero attached hydrogens (tertiary/aromatic N) is 3. The van der Waals surface area contributed by atoms with Gasteiger partial charge in [0.25, 0.3) is 5.91 Å². The van der Waals surface area contributed by atoms with Crippen molar-refractivity contribution < 1.29 is 13.9 Å². The molecule has 6 nitrogen and oxygen atoms in total. The Bertz CT molecular complexity index is 1030. The summed E-state index contributed by atoms with van der Waals surface area (Å²) in [6, 6.07) is 14.5. The van der Waals surface area contributed by atoms with Gasteiger partial charge in [-0.25, -0.2) is 9.37 Å². The second-order valence-electron chi connectivity index (χ2n) is 7.27. The minimum Gasteiger partial charge on any atom is -0.484 e. The first-order valence-corrected chi connectivity index (χ1v) is 9.88. The van der Waals surface area contributed by atoms with Crippen molar-refractivity contribution in [1.29, 1.82) is 0 Å². The molecule has 3 aromatic rings. The summed E-state index contributed by atoms with van der Waals surface area (Å²) in [6.07, 6.45) is 2.60. The van der Waals surface area contributed by atoms with Crippen molar-refractivity contribution in [2.24, 2.45) is 0 Å². The predicted molar refractivity (Wildman–Crippen MR) is 111 cm³/mol. The zero-order valence-electron chi connectivity index (χ0n) is 16.7. The summed E-state index contributed by atoms with van der Waals surface area (Å²) in [6.45, 7) is 4.01. The van der Waals surface area contributed by atoms with Crippen LogP contribution < -0.4 is 10.1 Å². The lowest BCUT2D eigenvalue weighted by molar-refractivity contribution is 0.0937. The van der Waals surface area contributed by atoms with Gasteiger partial charge in [-0.05, 0) is 19.1 Å². The Balaban J connectivity index is 1.46. The first kappa shape index (κ1) is 20.0. The molecule has 0 spiro atoms. The number of nitrogens with one attached hydrogen (secondary N) is 1. The second-order valence-corrected chi connectivity index (χ2v) is 7.27. The van der Waals surface area contributed by atoms with Crippen molar-refractivity contribution in [3.05, 3.63) is 89.3 Å². The number of amides is 1. The number of carbonyl (C=O) groups is 1. The highest BCUT2D eigenvalue weighted by Gasteiger charge is 2.26. The van der Waals surface area contributed by atoms with Crippen LogP contribution in [-0.2, 0) is 6.54 Å². The highest BCUT2D eigenvalue weighted by molar-refractivity contribution is 5.91. The van der Waals surface area contributed by atoms with Gasteiger partial charge in [0.1, 0.15) is 23.4 Å². The van der Waals surface area contributed by atoms with Crippen LogP contribution in [0.3, 0.4) is 0 Å². The van der Waals surface area contributed by atoms with Gasteiger partial charge in [0.05, 0.1) is 11.9 Å². The van der Waals surface area contributed by atoms with Gasteiger partial charge in [0.2, 0.25) is 0 Å². The molecule has 154 valence electrons. The van der Waals surface area contributed by atoms with Crippen molar-refractivity contribution in [3.63, 3.8) is 0 Å². The molecular formula is C23H23FN4O2. The minimum absolute atomic E-state index is 0.264. The van der Waals surface area contributed by atoms with Gasteiger partial charge < -0.3 is 10.1 Å². The lowest BCUT2D eigenvalue weighted by Gasteiger charge is -2.24. The first-order chi connectivity index (χ1) is 14.6. The molecule has 0 saturated heterocycles. The molecule has 1 N–H and O–H groups in total. The molecule has 1 unspecified atom stereocenters. The van der Waals surface area contributed by atoms with Crippen molar-refractivity contribution in [2.75, 3.05) is 19.6 Å². The maximum absolute atomic E-state index is 14.4. The Labute approximate surface area is 174 Å². The van der Waals surface area contributed by atoms with E-state index in [2.05, 4.69) is 20.2 Å². The van der Waals surface area contributed by atoms with E-state index in [-0.39, 0.29) is 17.4 Å². The molecule has 1 aliphatic heterocycles. The lowest BCUT2D eigenvalue weighted by Crippen LogP contribution is -2.37. The standard InChI is InChI=1S/C23H23FN4O2/c1-16-12-27-20(13-26-16)23(29)25-10-11-28-14-17-6-2-5-9-21(17)30-22(15-28)18-7-3-4-8-19(18)24/h2-9,12-13,22H,10-11,14-15H2,1H3,(H,25,29). The Kier molecular flexibility index (Phi) is 5.99. The smallest absolute Gasteiger partial charge is 0.271 e. The van der Waals surface area contributed by atoms with Gasteiger partial charge >= 0.3 is 0 Å². The lowest BCUT2D eigenvalue weighted by atomic mass is 10.1. The number of halogens is 1. The zero-order chi connectivity index (χ0) is 20.9. The number of hydrogen-bond donors (Lipinski definition) is 1. The summed E-state index contributed by atoms with van der Waals surface area (Å²) in [4.78, 5) is 22.6. The molecule has 1 aromatic heterocycles. The van der Waals surface area contributed by atoms with Crippen LogP contribution in [0.4, 0.5) is 4.39 Å². The number of aryl methyl sites for hydroxylation is 1. The van der Waals surface area contributed by atoms with Crippen molar-refractivity contribution in [3.8, 4) is 5.75 Å². The number of para-hydroxylation sites is 1. The molecule has 30 heavy (non-hydrogen) atoms. The molecule has 2 aromatic carbocycles. The maximum atomic E-state index is 14.4. The van der Waals surface area contributed by atoms with E-state index in [1.165, 1.54) is 12.3 Å². The van der Waals surface area contributed by atoms with Crippen LogP contribution in [0.25, 0.3) is 0 Å². The normalized spacial score (nSPS) is 16.3. The summed E-state index contributed by atoms with van der Waals surface area (Å²) in [5.41, 5.74) is 2.61. The fourth-order valence-electron chi connectivity index (χ4n) is 3.48. The van der Waals surface area contributed by atoms with Gasteiger partial charge in [-0.15, -0.1) is 0 Å². The van der Waals surface area contributed by atoms with Crippen LogP contribution in [0.1, 0.15) is 33.4 Å². The number of aromatic nitrogens is 2. The minimum atomic E-state index is -0.437. The average Bonchev–Trinajstić information content (AvgIpc) is 2.93. The van der Waals surface area contributed by atoms with Crippen LogP contribution in [0, 0.1) is 12.7 Å². The van der Waals surface area contributed by atoms with Gasteiger partial charge in [0, 0.05) is 43.5 Å². The van der Waals surface area contributed by atoms with E-state index in [0.29, 0.717) is 31.7 Å². The predicted octanol–water partition coefficient (Wildman–Crippen LogP) is 3.29. The van der Waals surface area contributed by atoms with Crippen LogP contribution in [-0.4, -0.2) is 40.4 Å². The summed E-state index contributed by atoms with van der Waals surface area (Å²) < 4.78 is 20.6. The molecule has 0 saturated carbocycles. The van der Waals surface area contributed by atoms with E-state index in [9.17, 15) is 9.18 Å². The Hall–Kier alpha value is -3.32. The summed E-state index contributed by atoms with van der Waals surface area (Å²) in [5, 5.41) is 2.88. The summed E-state index contributed by atoms with van der Waals surface area (Å²) >= 11 is 0. The largest absolute Gasteiger partial charge is 0.484 e. The quantitative estimate of drug-likeness (QED) is 0.704. The molecule has 1 aliphatic rings. The monoisotopic (exact) mass is 406 g/mol. The number of benzene rings is 2. The van der Waals surface area contributed by atoms with E-state index in [1.807, 2.05) is 37.3 Å². The van der Waals surface area contributed by atoms with E-state index < -0.39 is 6.10 Å². The highest BCUT2D eigenvalue weighted by Crippen LogP contribution is 2.31. The third-order valence-electron chi connectivity index (χ3n) is 5.04. The third kappa shape index (κ3) is 4.63. The average molecular weight is 406 g/mol. The number of fused-ring (bicyclic) bond motifs is 1. The molecule has 2 heterocycles. The number of rotatable bonds is 5. The first-order valence-electron chi connectivity index (χ1n) is 9.88. The third-order valence-corrected chi connectivity index (χ3v) is 5.04. The highest BCUT2D eigenvalue weighted by atomic mass is 19.1. The molecule has 0 aliphatic carbocycles. The Morgan fingerprint density at radius 3 is 2.77 bits per heavy atom. The van der Waals surface area contributed by atoms with Gasteiger partial charge in [0.15, 0.2) is 0 Å². The Morgan fingerprint density at radius 1 is 1.17 bits per heavy atom. The van der Waals surface area contributed by atoms with Crippen LogP contribution >= 0.6 is 0 Å². The van der Waals surface area contributed by atoms with Crippen LogP contribution in [0.5, 0.6) is 5.75 Å². The molecule has 1 amide bonds. The molecule has 4 rings (SSSR count). The van der Waals surface area contributed by atoms with E-state index >= 15 is 0 Å². The van der Waals surface area contributed by atoms with E-state index in [0.717, 1.165) is 17.0 Å². The van der Waals surface area contributed by atoms with Crippen molar-refractivity contribution >= 4 is 5.91 Å². The Morgan fingerprint density at radius 2 is 1.97 bits per heavy atom. The molecule has 7 heteroatoms. The molecule has 1 atom stereocenters. The summed E-state index contributed by atoms with van der Waals surface area (Å²) in [5.74, 6) is 0.208. The van der Waals surface area contributed by atoms with Gasteiger partial charge in [-0.1, -0.05) is 36.4 Å². The van der Waals surface area contributed by atoms with E-state index in [4.69, 9.17) is 4.74 Å². The second kappa shape index (κ2) is 9.00. The van der Waals surface area contributed by atoms with E-state index in [1.54, 1.807) is 18.3 Å². The van der Waals surface area contributed by atoms with Crippen molar-refractivity contribution in [2.45, 2.75) is 19.6 Å². The maximum Gasteiger partial charge on any atom is 0.271 e. The molecule has 0 bridgehead atoms. The van der Waals surface area contributed by atoms with Gasteiger partial charge in [-0.2, -0.15) is 0 Å². The number of hydrogen-bond acceptors (Lipinski definition) is 5. The molecule has 0 fully saturated rings. The van der Waals surface area contributed by atoms with Crippen LogP contribution in [0.2, 0.25) is 0 Å².